The van der Waals surface area contributed by atoms with Gasteiger partial charge in [-0.15, -0.1) is 11.8 Å². The lowest BCUT2D eigenvalue weighted by Crippen LogP contribution is -2.37. The van der Waals surface area contributed by atoms with Crippen molar-refractivity contribution in [2.75, 3.05) is 26.3 Å². The Hall–Kier alpha value is -2.81. The molecule has 2 heterocycles. The molecule has 4 aromatic rings. The highest BCUT2D eigenvalue weighted by atomic mass is 35.5. The number of H-pyrrole nitrogens is 1. The van der Waals surface area contributed by atoms with Crippen LogP contribution >= 0.6 is 35.0 Å². The van der Waals surface area contributed by atoms with Gasteiger partial charge >= 0.3 is 0 Å². The fourth-order valence-electron chi connectivity index (χ4n) is 4.41. The molecule has 1 fully saturated rings. The van der Waals surface area contributed by atoms with Crippen molar-refractivity contribution in [3.05, 3.63) is 110 Å². The number of halogens is 2. The Balaban J connectivity index is 1.38. The molecule has 1 saturated heterocycles. The lowest BCUT2D eigenvalue weighted by atomic mass is 10.1. The molecular formula is C29H27Cl2N3O3S. The Morgan fingerprint density at radius 1 is 0.974 bits per heavy atom. The number of pyridine rings is 1. The molecule has 1 unspecified atom stereocenters. The van der Waals surface area contributed by atoms with Gasteiger partial charge in [0.25, 0.3) is 5.91 Å². The fourth-order valence-corrected chi connectivity index (χ4v) is 5.72. The number of aromatic amines is 1. The molecule has 0 saturated carbocycles. The minimum Gasteiger partial charge on any atom is -0.379 e. The van der Waals surface area contributed by atoms with E-state index in [1.54, 1.807) is 0 Å². The number of nitrogens with zero attached hydrogens (tertiary/aromatic N) is 1. The molecule has 38 heavy (non-hydrogen) atoms. The monoisotopic (exact) mass is 567 g/mol. The Bertz CT molecular complexity index is 1420. The number of thioether (sulfide) groups is 1. The van der Waals surface area contributed by atoms with Gasteiger partial charge in [0.1, 0.15) is 5.56 Å². The summed E-state index contributed by atoms with van der Waals surface area (Å²) in [5, 5.41) is 4.53. The summed E-state index contributed by atoms with van der Waals surface area (Å²) in [4.78, 5) is 33.2. The Kier molecular flexibility index (Phi) is 8.72. The molecule has 1 aliphatic heterocycles. The average Bonchev–Trinajstić information content (AvgIpc) is 2.92. The first-order valence-electron chi connectivity index (χ1n) is 12.4. The number of rotatable bonds is 8. The van der Waals surface area contributed by atoms with Gasteiger partial charge < -0.3 is 15.0 Å². The van der Waals surface area contributed by atoms with E-state index in [9.17, 15) is 9.59 Å². The minimum absolute atomic E-state index is 0.0823. The van der Waals surface area contributed by atoms with E-state index in [1.165, 1.54) is 18.0 Å². The molecule has 1 atom stereocenters. The molecule has 3 aromatic carbocycles. The van der Waals surface area contributed by atoms with Crippen LogP contribution in [0.1, 0.15) is 21.5 Å². The summed E-state index contributed by atoms with van der Waals surface area (Å²) < 4.78 is 5.43. The topological polar surface area (TPSA) is 74.4 Å². The Morgan fingerprint density at radius 3 is 2.34 bits per heavy atom. The number of carbonyl (C=O) groups is 1. The van der Waals surface area contributed by atoms with Gasteiger partial charge in [0.15, 0.2) is 0 Å². The van der Waals surface area contributed by atoms with Crippen molar-refractivity contribution < 1.29 is 9.53 Å². The zero-order valence-corrected chi connectivity index (χ0v) is 22.9. The third-order valence-electron chi connectivity index (χ3n) is 6.42. The minimum atomic E-state index is -0.424. The molecular weight excluding hydrogens is 541 g/mol. The molecule has 1 aromatic heterocycles. The number of fused-ring (bicyclic) bond motifs is 1. The first-order chi connectivity index (χ1) is 18.4. The van der Waals surface area contributed by atoms with E-state index in [0.717, 1.165) is 35.7 Å². The van der Waals surface area contributed by atoms with Gasteiger partial charge in [-0.05, 0) is 59.7 Å². The van der Waals surface area contributed by atoms with Crippen molar-refractivity contribution in [3.8, 4) is 0 Å². The van der Waals surface area contributed by atoms with Gasteiger partial charge in [0, 0.05) is 58.1 Å². The van der Waals surface area contributed by atoms with Gasteiger partial charge in [0.05, 0.1) is 18.6 Å². The molecule has 9 heteroatoms. The number of nitrogens with one attached hydrogen (secondary N) is 2. The first-order valence-corrected chi connectivity index (χ1v) is 14.0. The number of hydrogen-bond donors (Lipinski definition) is 2. The SMILES string of the molecule is O=C(NC(Cc1ccc(Cl)cc1)Sc1ccc(Cl)cc1)c1c[nH]c2ccc(CN3CCOCC3)cc2c1=O. The average molecular weight is 569 g/mol. The van der Waals surface area contributed by atoms with Gasteiger partial charge in [-0.3, -0.25) is 14.5 Å². The number of amides is 1. The quantitative estimate of drug-likeness (QED) is 0.209. The molecule has 196 valence electrons. The van der Waals surface area contributed by atoms with Crippen LogP contribution in [0.3, 0.4) is 0 Å². The predicted molar refractivity (Wildman–Crippen MR) is 154 cm³/mol. The van der Waals surface area contributed by atoms with Crippen LogP contribution in [0, 0.1) is 0 Å². The van der Waals surface area contributed by atoms with Gasteiger partial charge in [-0.1, -0.05) is 41.4 Å². The number of carbonyl (C=O) groups excluding carboxylic acids is 1. The van der Waals surface area contributed by atoms with E-state index in [2.05, 4.69) is 15.2 Å². The predicted octanol–water partition coefficient (Wildman–Crippen LogP) is 5.76. The second kappa shape index (κ2) is 12.4. The van der Waals surface area contributed by atoms with Crippen LogP contribution in [0.25, 0.3) is 10.9 Å². The lowest BCUT2D eigenvalue weighted by molar-refractivity contribution is 0.0342. The Morgan fingerprint density at radius 2 is 1.63 bits per heavy atom. The van der Waals surface area contributed by atoms with Crippen LogP contribution in [0.2, 0.25) is 10.0 Å². The van der Waals surface area contributed by atoms with Crippen molar-refractivity contribution in [2.45, 2.75) is 23.2 Å². The number of hydrogen-bond acceptors (Lipinski definition) is 5. The maximum absolute atomic E-state index is 13.4. The van der Waals surface area contributed by atoms with Crippen molar-refractivity contribution in [2.24, 2.45) is 0 Å². The van der Waals surface area contributed by atoms with E-state index in [-0.39, 0.29) is 16.4 Å². The van der Waals surface area contributed by atoms with Gasteiger partial charge in [0.2, 0.25) is 5.43 Å². The highest BCUT2D eigenvalue weighted by Gasteiger charge is 2.20. The van der Waals surface area contributed by atoms with Gasteiger partial charge in [-0.25, -0.2) is 0 Å². The van der Waals surface area contributed by atoms with Crippen molar-refractivity contribution in [1.29, 1.82) is 0 Å². The van der Waals surface area contributed by atoms with E-state index < -0.39 is 5.91 Å². The maximum atomic E-state index is 13.4. The second-order valence-electron chi connectivity index (χ2n) is 9.16. The summed E-state index contributed by atoms with van der Waals surface area (Å²) in [6.07, 6.45) is 2.04. The molecule has 6 nitrogen and oxygen atoms in total. The summed E-state index contributed by atoms with van der Waals surface area (Å²) in [5.74, 6) is -0.424. The van der Waals surface area contributed by atoms with Crippen LogP contribution in [-0.2, 0) is 17.7 Å². The van der Waals surface area contributed by atoms with E-state index in [0.29, 0.717) is 40.6 Å². The largest absolute Gasteiger partial charge is 0.379 e. The zero-order valence-electron chi connectivity index (χ0n) is 20.6. The number of morpholine rings is 1. The van der Waals surface area contributed by atoms with Crippen molar-refractivity contribution in [1.82, 2.24) is 15.2 Å². The maximum Gasteiger partial charge on any atom is 0.257 e. The standard InChI is InChI=1S/C29H27Cl2N3O3S/c30-21-4-1-19(2-5-21)16-27(38-23-8-6-22(31)7-9-23)33-29(36)25-17-32-26-10-3-20(15-24(26)28(25)35)18-34-11-13-37-14-12-34/h1-10,15,17,27H,11-14,16,18H2,(H,32,35)(H,33,36). The summed E-state index contributed by atoms with van der Waals surface area (Å²) in [7, 11) is 0. The smallest absolute Gasteiger partial charge is 0.257 e. The van der Waals surface area contributed by atoms with E-state index >= 15 is 0 Å². The molecule has 5 rings (SSSR count). The summed E-state index contributed by atoms with van der Waals surface area (Å²) in [6.45, 7) is 3.87. The summed E-state index contributed by atoms with van der Waals surface area (Å²) in [6, 6.07) is 20.8. The number of benzene rings is 3. The number of ether oxygens (including phenoxy) is 1. The molecule has 0 aliphatic carbocycles. The molecule has 1 aliphatic rings. The second-order valence-corrected chi connectivity index (χ2v) is 11.3. The van der Waals surface area contributed by atoms with E-state index in [1.807, 2.05) is 66.7 Å². The zero-order chi connectivity index (χ0) is 26.5. The number of aromatic nitrogens is 1. The highest BCUT2D eigenvalue weighted by molar-refractivity contribution is 8.00. The summed E-state index contributed by atoms with van der Waals surface area (Å²) >= 11 is 13.6. The highest BCUT2D eigenvalue weighted by Crippen LogP contribution is 2.26. The molecule has 0 bridgehead atoms. The van der Waals surface area contributed by atoms with Crippen LogP contribution in [0.4, 0.5) is 0 Å². The van der Waals surface area contributed by atoms with E-state index in [4.69, 9.17) is 27.9 Å². The van der Waals surface area contributed by atoms with Crippen molar-refractivity contribution >= 4 is 51.8 Å². The fraction of sp³-hybridized carbons (Fsp3) is 0.241. The molecule has 1 amide bonds. The van der Waals surface area contributed by atoms with Gasteiger partial charge in [-0.2, -0.15) is 0 Å². The first kappa shape index (κ1) is 26.8. The van der Waals surface area contributed by atoms with Crippen molar-refractivity contribution in [3.63, 3.8) is 0 Å². The molecule has 0 spiro atoms. The Labute approximate surface area is 235 Å². The molecule has 2 N–H and O–H groups in total. The molecule has 0 radical (unpaired) electrons. The third kappa shape index (κ3) is 6.79. The lowest BCUT2D eigenvalue weighted by Gasteiger charge is -2.26. The summed E-state index contributed by atoms with van der Waals surface area (Å²) in [5.41, 5.74) is 2.54. The van der Waals surface area contributed by atoms with Crippen LogP contribution < -0.4 is 10.7 Å². The third-order valence-corrected chi connectivity index (χ3v) is 8.04. The van der Waals surface area contributed by atoms with Crippen LogP contribution in [0.15, 0.2) is 82.6 Å². The normalized spacial score (nSPS) is 14.9. The van der Waals surface area contributed by atoms with Crippen LogP contribution in [-0.4, -0.2) is 47.5 Å². The van der Waals surface area contributed by atoms with Crippen LogP contribution in [0.5, 0.6) is 0 Å².